The van der Waals surface area contributed by atoms with Crippen LogP contribution < -0.4 is 10.6 Å². The molecule has 1 aliphatic heterocycles. The van der Waals surface area contributed by atoms with Gasteiger partial charge in [-0.05, 0) is 98.0 Å². The van der Waals surface area contributed by atoms with Crippen molar-refractivity contribution >= 4 is 0 Å². The number of rotatable bonds is 1. The van der Waals surface area contributed by atoms with Crippen LogP contribution in [0, 0.1) is 34.5 Å². The van der Waals surface area contributed by atoms with E-state index in [2.05, 4.69) is 43.7 Å². The Bertz CT molecular complexity index is 605. The average molecular weight is 327 g/mol. The molecule has 24 heavy (non-hydrogen) atoms. The second-order valence-corrected chi connectivity index (χ2v) is 9.73. The molecule has 0 aromatic heterocycles. The number of hydrogen-bond donors (Lipinski definition) is 2. The second-order valence-electron chi connectivity index (χ2n) is 9.73. The van der Waals surface area contributed by atoms with Gasteiger partial charge < -0.3 is 10.6 Å². The van der Waals surface area contributed by atoms with Crippen LogP contribution in [0.2, 0.25) is 0 Å². The summed E-state index contributed by atoms with van der Waals surface area (Å²) in [4.78, 5) is 0. The standard InChI is InChI=1S/C22H34N2/c1-14-18-6-7-20-17-5-4-15-12-16(23-3)8-10-21(15,2)19(17)9-11-22(18,20)13-24-14/h4,12,14,17-20,23-24H,5-11,13H2,1-3H3. The van der Waals surface area contributed by atoms with Crippen LogP contribution in [0.15, 0.2) is 23.4 Å². The van der Waals surface area contributed by atoms with Gasteiger partial charge in [-0.2, -0.15) is 0 Å². The lowest BCUT2D eigenvalue weighted by Gasteiger charge is -2.57. The molecule has 1 spiro atoms. The lowest BCUT2D eigenvalue weighted by molar-refractivity contribution is -0.0308. The first-order valence-corrected chi connectivity index (χ1v) is 10.4. The van der Waals surface area contributed by atoms with Gasteiger partial charge in [-0.15, -0.1) is 0 Å². The minimum absolute atomic E-state index is 0.445. The van der Waals surface area contributed by atoms with Gasteiger partial charge in [0.2, 0.25) is 0 Å². The van der Waals surface area contributed by atoms with E-state index in [-0.39, 0.29) is 0 Å². The summed E-state index contributed by atoms with van der Waals surface area (Å²) in [7, 11) is 2.08. The van der Waals surface area contributed by atoms with Crippen LogP contribution >= 0.6 is 0 Å². The number of allylic oxidation sites excluding steroid dienone is 4. The number of fused-ring (bicyclic) bond motifs is 4. The van der Waals surface area contributed by atoms with E-state index < -0.39 is 0 Å². The normalized spacial score (nSPS) is 52.5. The predicted octanol–water partition coefficient (Wildman–Crippen LogP) is 4.25. The molecule has 2 N–H and O–H groups in total. The van der Waals surface area contributed by atoms with Gasteiger partial charge >= 0.3 is 0 Å². The van der Waals surface area contributed by atoms with Gasteiger partial charge in [0.05, 0.1) is 0 Å². The zero-order valence-corrected chi connectivity index (χ0v) is 15.7. The van der Waals surface area contributed by atoms with Gasteiger partial charge in [0.25, 0.3) is 0 Å². The third kappa shape index (κ3) is 1.81. The average Bonchev–Trinajstić information content (AvgIpc) is 3.12. The Labute approximate surface area is 147 Å². The zero-order valence-electron chi connectivity index (χ0n) is 15.7. The Balaban J connectivity index is 1.50. The summed E-state index contributed by atoms with van der Waals surface area (Å²) in [5.41, 5.74) is 4.20. The highest BCUT2D eigenvalue weighted by Gasteiger charge is 2.62. The first-order valence-electron chi connectivity index (χ1n) is 10.4. The second kappa shape index (κ2) is 5.13. The van der Waals surface area contributed by atoms with Gasteiger partial charge in [0.15, 0.2) is 0 Å². The maximum Gasteiger partial charge on any atom is 0.0107 e. The summed E-state index contributed by atoms with van der Waals surface area (Å²) >= 11 is 0. The summed E-state index contributed by atoms with van der Waals surface area (Å²) in [6.07, 6.45) is 15.0. The quantitative estimate of drug-likeness (QED) is 0.753. The molecule has 0 amide bonds. The van der Waals surface area contributed by atoms with Crippen molar-refractivity contribution in [2.24, 2.45) is 34.5 Å². The van der Waals surface area contributed by atoms with Crippen LogP contribution in [0.1, 0.15) is 58.8 Å². The molecule has 2 nitrogen and oxygen atoms in total. The van der Waals surface area contributed by atoms with E-state index in [9.17, 15) is 0 Å². The molecule has 0 aromatic rings. The van der Waals surface area contributed by atoms with Crippen molar-refractivity contribution in [2.45, 2.75) is 64.8 Å². The van der Waals surface area contributed by atoms with Crippen molar-refractivity contribution in [3.8, 4) is 0 Å². The summed E-state index contributed by atoms with van der Waals surface area (Å²) in [6.45, 7) is 6.35. The van der Waals surface area contributed by atoms with E-state index in [1.165, 1.54) is 57.2 Å². The van der Waals surface area contributed by atoms with Crippen molar-refractivity contribution in [2.75, 3.05) is 13.6 Å². The number of nitrogens with one attached hydrogen (secondary N) is 2. The topological polar surface area (TPSA) is 24.1 Å². The molecule has 2 saturated carbocycles. The van der Waals surface area contributed by atoms with E-state index in [0.717, 1.165) is 29.7 Å². The predicted molar refractivity (Wildman–Crippen MR) is 99.5 cm³/mol. The molecule has 1 saturated heterocycles. The molecule has 0 radical (unpaired) electrons. The first-order chi connectivity index (χ1) is 11.6. The van der Waals surface area contributed by atoms with Crippen molar-refractivity contribution in [1.82, 2.24) is 10.6 Å². The zero-order chi connectivity index (χ0) is 16.5. The molecular formula is C22H34N2. The minimum Gasteiger partial charge on any atom is -0.391 e. The smallest absolute Gasteiger partial charge is 0.0107 e. The Morgan fingerprint density at radius 3 is 2.79 bits per heavy atom. The lowest BCUT2D eigenvalue weighted by atomic mass is 9.48. The molecule has 5 rings (SSSR count). The molecule has 132 valence electrons. The molecule has 0 bridgehead atoms. The Morgan fingerprint density at radius 1 is 1.12 bits per heavy atom. The molecule has 4 aliphatic carbocycles. The fourth-order valence-electron chi connectivity index (χ4n) is 7.97. The molecule has 7 atom stereocenters. The van der Waals surface area contributed by atoms with Gasteiger partial charge in [-0.1, -0.05) is 13.0 Å². The molecule has 5 aliphatic rings. The van der Waals surface area contributed by atoms with Crippen LogP contribution in [-0.2, 0) is 0 Å². The summed E-state index contributed by atoms with van der Waals surface area (Å²) in [5, 5.41) is 7.26. The largest absolute Gasteiger partial charge is 0.391 e. The Morgan fingerprint density at radius 2 is 1.96 bits per heavy atom. The van der Waals surface area contributed by atoms with Gasteiger partial charge in [-0.25, -0.2) is 0 Å². The van der Waals surface area contributed by atoms with Gasteiger partial charge in [-0.3, -0.25) is 0 Å². The third-order valence-corrected chi connectivity index (χ3v) is 9.23. The molecule has 2 heteroatoms. The van der Waals surface area contributed by atoms with Crippen molar-refractivity contribution < 1.29 is 0 Å². The van der Waals surface area contributed by atoms with Crippen LogP contribution in [0.3, 0.4) is 0 Å². The maximum atomic E-state index is 3.85. The van der Waals surface area contributed by atoms with Crippen LogP contribution in [0.4, 0.5) is 0 Å². The molecule has 1 heterocycles. The fraction of sp³-hybridized carbons (Fsp3) is 0.818. The maximum absolute atomic E-state index is 3.85. The SMILES string of the molecule is CNC1=CC2=CCC3C(CCC45CNC(C)C4CCC35)C2(C)CC1. The number of hydrogen-bond acceptors (Lipinski definition) is 2. The molecule has 7 unspecified atom stereocenters. The van der Waals surface area contributed by atoms with Gasteiger partial charge in [0.1, 0.15) is 0 Å². The summed E-state index contributed by atoms with van der Waals surface area (Å²) in [6, 6.07) is 0.757. The van der Waals surface area contributed by atoms with E-state index in [1.807, 2.05) is 0 Å². The third-order valence-electron chi connectivity index (χ3n) is 9.23. The fourth-order valence-corrected chi connectivity index (χ4v) is 7.97. The van der Waals surface area contributed by atoms with Crippen LogP contribution in [-0.4, -0.2) is 19.6 Å². The molecule has 3 fully saturated rings. The van der Waals surface area contributed by atoms with Crippen LogP contribution in [0.25, 0.3) is 0 Å². The Kier molecular flexibility index (Phi) is 3.31. The van der Waals surface area contributed by atoms with Crippen molar-refractivity contribution in [3.63, 3.8) is 0 Å². The van der Waals surface area contributed by atoms with Crippen LogP contribution in [0.5, 0.6) is 0 Å². The van der Waals surface area contributed by atoms with E-state index in [0.29, 0.717) is 10.8 Å². The van der Waals surface area contributed by atoms with E-state index >= 15 is 0 Å². The monoisotopic (exact) mass is 326 g/mol. The molecular weight excluding hydrogens is 292 g/mol. The van der Waals surface area contributed by atoms with Gasteiger partial charge in [0, 0.05) is 25.3 Å². The highest BCUT2D eigenvalue weighted by molar-refractivity contribution is 5.37. The lowest BCUT2D eigenvalue weighted by Crippen LogP contribution is -2.50. The van der Waals surface area contributed by atoms with E-state index in [4.69, 9.17) is 0 Å². The highest BCUT2D eigenvalue weighted by Crippen LogP contribution is 2.67. The van der Waals surface area contributed by atoms with Crippen molar-refractivity contribution in [1.29, 1.82) is 0 Å². The first kappa shape index (κ1) is 15.5. The van der Waals surface area contributed by atoms with E-state index in [1.54, 1.807) is 5.57 Å². The minimum atomic E-state index is 0.445. The molecule has 0 aromatic carbocycles. The highest BCUT2D eigenvalue weighted by atomic mass is 15.0. The summed E-state index contributed by atoms with van der Waals surface area (Å²) < 4.78 is 0. The van der Waals surface area contributed by atoms with Crippen molar-refractivity contribution in [3.05, 3.63) is 23.4 Å². The summed E-state index contributed by atoms with van der Waals surface area (Å²) in [5.74, 6) is 3.83. The Hall–Kier alpha value is -0.760.